The molecule has 0 aliphatic carbocycles. The van der Waals surface area contributed by atoms with E-state index in [0.29, 0.717) is 30.5 Å². The molecule has 7 heteroatoms. The number of nitrogens with one attached hydrogen (secondary N) is 1. The number of sulfonamides is 1. The van der Waals surface area contributed by atoms with Crippen molar-refractivity contribution in [2.75, 3.05) is 39.4 Å². The molecule has 0 saturated carbocycles. The number of rotatable bonds is 6. The van der Waals surface area contributed by atoms with Crippen molar-refractivity contribution in [3.8, 4) is 0 Å². The van der Waals surface area contributed by atoms with Crippen LogP contribution in [0.4, 0.5) is 0 Å². The standard InChI is InChI=1S/C12H20N2O3S2/c1-2-13-6-5-11-3-4-12(18-11)19(15,16)14-7-9-17-10-8-14/h3-4,13H,2,5-10H2,1H3. The van der Waals surface area contributed by atoms with Crippen molar-refractivity contribution in [2.45, 2.75) is 17.6 Å². The minimum absolute atomic E-state index is 0.445. The van der Waals surface area contributed by atoms with Crippen LogP contribution in [-0.2, 0) is 21.2 Å². The minimum Gasteiger partial charge on any atom is -0.379 e. The largest absolute Gasteiger partial charge is 0.379 e. The van der Waals surface area contributed by atoms with Crippen LogP contribution >= 0.6 is 11.3 Å². The van der Waals surface area contributed by atoms with Gasteiger partial charge >= 0.3 is 0 Å². The van der Waals surface area contributed by atoms with Crippen molar-refractivity contribution in [1.29, 1.82) is 0 Å². The smallest absolute Gasteiger partial charge is 0.252 e. The number of thiophene rings is 1. The lowest BCUT2D eigenvalue weighted by Crippen LogP contribution is -2.40. The highest BCUT2D eigenvalue weighted by Gasteiger charge is 2.27. The summed E-state index contributed by atoms with van der Waals surface area (Å²) < 4.78 is 31.9. The Balaban J connectivity index is 2.03. The predicted molar refractivity (Wildman–Crippen MR) is 76.1 cm³/mol. The molecule has 5 nitrogen and oxygen atoms in total. The molecule has 1 N–H and O–H groups in total. The van der Waals surface area contributed by atoms with Crippen LogP contribution in [-0.4, -0.2) is 52.1 Å². The number of morpholine rings is 1. The Hall–Kier alpha value is -0.470. The van der Waals surface area contributed by atoms with Gasteiger partial charge in [0, 0.05) is 18.0 Å². The summed E-state index contributed by atoms with van der Waals surface area (Å²) >= 11 is 1.37. The van der Waals surface area contributed by atoms with E-state index in [1.165, 1.54) is 15.6 Å². The van der Waals surface area contributed by atoms with Gasteiger partial charge in [-0.1, -0.05) is 6.92 Å². The summed E-state index contributed by atoms with van der Waals surface area (Å²) in [4.78, 5) is 1.10. The van der Waals surface area contributed by atoms with Gasteiger partial charge in [0.2, 0.25) is 0 Å². The molecule has 0 radical (unpaired) electrons. The van der Waals surface area contributed by atoms with E-state index in [1.807, 2.05) is 6.07 Å². The molecule has 0 spiro atoms. The molecular weight excluding hydrogens is 284 g/mol. The van der Waals surface area contributed by atoms with E-state index in [1.54, 1.807) is 6.07 Å². The monoisotopic (exact) mass is 304 g/mol. The van der Waals surface area contributed by atoms with E-state index in [9.17, 15) is 8.42 Å². The lowest BCUT2D eigenvalue weighted by atomic mass is 10.3. The van der Waals surface area contributed by atoms with Gasteiger partial charge in [-0.15, -0.1) is 11.3 Å². The second-order valence-corrected chi connectivity index (χ2v) is 7.67. The fourth-order valence-electron chi connectivity index (χ4n) is 1.93. The first kappa shape index (κ1) is 14.9. The van der Waals surface area contributed by atoms with E-state index in [4.69, 9.17) is 4.74 Å². The van der Waals surface area contributed by atoms with Crippen molar-refractivity contribution < 1.29 is 13.2 Å². The Labute approximate surface area is 118 Å². The van der Waals surface area contributed by atoms with Crippen LogP contribution in [0.25, 0.3) is 0 Å². The van der Waals surface area contributed by atoms with E-state index in [0.717, 1.165) is 24.4 Å². The van der Waals surface area contributed by atoms with Gasteiger partial charge in [0.05, 0.1) is 13.2 Å². The fourth-order valence-corrected chi connectivity index (χ4v) is 4.85. The molecule has 2 heterocycles. The van der Waals surface area contributed by atoms with E-state index in [-0.39, 0.29) is 0 Å². The summed E-state index contributed by atoms with van der Waals surface area (Å²) in [5.74, 6) is 0. The molecule has 2 rings (SSSR count). The number of ether oxygens (including phenoxy) is 1. The van der Waals surface area contributed by atoms with Gasteiger partial charge in [0.1, 0.15) is 4.21 Å². The third-order valence-electron chi connectivity index (χ3n) is 3.00. The Kier molecular flexibility index (Phi) is 5.35. The second kappa shape index (κ2) is 6.81. The average molecular weight is 304 g/mol. The summed E-state index contributed by atoms with van der Waals surface area (Å²) in [6, 6.07) is 3.63. The van der Waals surface area contributed by atoms with Crippen molar-refractivity contribution >= 4 is 21.4 Å². The van der Waals surface area contributed by atoms with Crippen molar-refractivity contribution in [3.63, 3.8) is 0 Å². The van der Waals surface area contributed by atoms with Gasteiger partial charge in [-0.25, -0.2) is 8.42 Å². The highest BCUT2D eigenvalue weighted by Crippen LogP contribution is 2.25. The van der Waals surface area contributed by atoms with Crippen molar-refractivity contribution in [2.24, 2.45) is 0 Å². The van der Waals surface area contributed by atoms with Crippen LogP contribution in [0.5, 0.6) is 0 Å². The van der Waals surface area contributed by atoms with E-state index >= 15 is 0 Å². The van der Waals surface area contributed by atoms with Crippen molar-refractivity contribution in [1.82, 2.24) is 9.62 Å². The SMILES string of the molecule is CCNCCc1ccc(S(=O)(=O)N2CCOCC2)s1. The maximum Gasteiger partial charge on any atom is 0.252 e. The summed E-state index contributed by atoms with van der Waals surface area (Å²) in [6.07, 6.45) is 0.872. The molecule has 0 aromatic carbocycles. The lowest BCUT2D eigenvalue weighted by molar-refractivity contribution is 0.0731. The van der Waals surface area contributed by atoms with Crippen LogP contribution < -0.4 is 5.32 Å². The highest BCUT2D eigenvalue weighted by atomic mass is 32.2. The average Bonchev–Trinajstić information content (AvgIpc) is 2.90. The van der Waals surface area contributed by atoms with E-state index in [2.05, 4.69) is 12.2 Å². The van der Waals surface area contributed by atoms with Gasteiger partial charge in [0.15, 0.2) is 0 Å². The van der Waals surface area contributed by atoms with Crippen LogP contribution in [0.15, 0.2) is 16.3 Å². The molecule has 1 aromatic heterocycles. The van der Waals surface area contributed by atoms with Gasteiger partial charge in [0.25, 0.3) is 10.0 Å². The summed E-state index contributed by atoms with van der Waals surface area (Å²) in [6.45, 7) is 5.75. The predicted octanol–water partition coefficient (Wildman–Crippen LogP) is 0.921. The van der Waals surface area contributed by atoms with Crippen LogP contribution in [0.3, 0.4) is 0 Å². The molecule has 1 fully saturated rings. The van der Waals surface area contributed by atoms with Crippen LogP contribution in [0, 0.1) is 0 Å². The van der Waals surface area contributed by atoms with Crippen LogP contribution in [0.1, 0.15) is 11.8 Å². The molecular formula is C12H20N2O3S2. The highest BCUT2D eigenvalue weighted by molar-refractivity contribution is 7.91. The summed E-state index contributed by atoms with van der Waals surface area (Å²) in [5.41, 5.74) is 0. The first-order valence-corrected chi connectivity index (χ1v) is 8.77. The zero-order valence-electron chi connectivity index (χ0n) is 11.1. The van der Waals surface area contributed by atoms with Gasteiger partial charge < -0.3 is 10.1 Å². The molecule has 1 aliphatic rings. The third kappa shape index (κ3) is 3.76. The lowest BCUT2D eigenvalue weighted by Gasteiger charge is -2.25. The maximum absolute atomic E-state index is 12.4. The first-order valence-electron chi connectivity index (χ1n) is 6.52. The zero-order valence-corrected chi connectivity index (χ0v) is 12.7. The Bertz CT molecular complexity index is 493. The first-order chi connectivity index (χ1) is 9.14. The molecule has 0 amide bonds. The molecule has 0 bridgehead atoms. The molecule has 19 heavy (non-hydrogen) atoms. The number of hydrogen-bond acceptors (Lipinski definition) is 5. The fraction of sp³-hybridized carbons (Fsp3) is 0.667. The topological polar surface area (TPSA) is 58.6 Å². The molecule has 0 atom stereocenters. The van der Waals surface area contributed by atoms with Gasteiger partial charge in [-0.2, -0.15) is 4.31 Å². The van der Waals surface area contributed by atoms with Gasteiger partial charge in [-0.3, -0.25) is 0 Å². The number of hydrogen-bond donors (Lipinski definition) is 1. The molecule has 1 aliphatic heterocycles. The van der Waals surface area contributed by atoms with E-state index < -0.39 is 10.0 Å². The molecule has 0 unspecified atom stereocenters. The maximum atomic E-state index is 12.4. The Morgan fingerprint density at radius 1 is 1.37 bits per heavy atom. The normalized spacial score (nSPS) is 17.7. The molecule has 1 aromatic rings. The minimum atomic E-state index is -3.32. The molecule has 1 saturated heterocycles. The summed E-state index contributed by atoms with van der Waals surface area (Å²) in [5, 5.41) is 3.24. The Morgan fingerprint density at radius 2 is 2.11 bits per heavy atom. The number of likely N-dealkylation sites (N-methyl/N-ethyl adjacent to an activating group) is 1. The second-order valence-electron chi connectivity index (χ2n) is 4.34. The quantitative estimate of drug-likeness (QED) is 0.794. The third-order valence-corrected chi connectivity index (χ3v) is 6.51. The van der Waals surface area contributed by atoms with Crippen LogP contribution in [0.2, 0.25) is 0 Å². The van der Waals surface area contributed by atoms with Crippen molar-refractivity contribution in [3.05, 3.63) is 17.0 Å². The number of nitrogens with zero attached hydrogens (tertiary/aromatic N) is 1. The zero-order chi connectivity index (χ0) is 13.7. The van der Waals surface area contributed by atoms with Gasteiger partial charge in [-0.05, 0) is 31.6 Å². The Morgan fingerprint density at radius 3 is 2.79 bits per heavy atom. The molecule has 108 valence electrons. The summed E-state index contributed by atoms with van der Waals surface area (Å²) in [7, 11) is -3.32.